The number of aromatic nitrogens is 1. The number of nitrogens with zero attached hydrogens (tertiary/aromatic N) is 2. The van der Waals surface area contributed by atoms with Gasteiger partial charge in [0.05, 0.1) is 23.1 Å². The molecule has 5 heteroatoms. The molecule has 0 spiro atoms. The summed E-state index contributed by atoms with van der Waals surface area (Å²) in [6.07, 6.45) is 2.81. The van der Waals surface area contributed by atoms with Gasteiger partial charge >= 0.3 is 0 Å². The highest BCUT2D eigenvalue weighted by atomic mass is 79.9. The van der Waals surface area contributed by atoms with Crippen LogP contribution < -0.4 is 16.0 Å². The quantitative estimate of drug-likeness (QED) is 0.831. The number of halogens is 1. The van der Waals surface area contributed by atoms with Crippen LogP contribution in [0.25, 0.3) is 10.9 Å². The van der Waals surface area contributed by atoms with E-state index in [2.05, 4.69) is 44.2 Å². The number of rotatable bonds is 5. The van der Waals surface area contributed by atoms with E-state index in [0.717, 1.165) is 46.3 Å². The highest BCUT2D eigenvalue weighted by Crippen LogP contribution is 2.32. The van der Waals surface area contributed by atoms with E-state index in [0.29, 0.717) is 0 Å². The lowest BCUT2D eigenvalue weighted by molar-refractivity contribution is 0.714. The first-order valence-electron chi connectivity index (χ1n) is 6.33. The lowest BCUT2D eigenvalue weighted by Crippen LogP contribution is -2.23. The molecule has 0 amide bonds. The standard InChI is InChI=1S/C14H19BrN4/c1-17-6-3-7-19(2)14-11-8-10(15)4-5-13(11)18-9-12(14)16/h4-5,8-9,17H,3,6-7,16H2,1-2H3. The maximum atomic E-state index is 6.11. The number of benzene rings is 1. The minimum Gasteiger partial charge on any atom is -0.396 e. The Morgan fingerprint density at radius 1 is 1.42 bits per heavy atom. The van der Waals surface area contributed by atoms with E-state index < -0.39 is 0 Å². The fourth-order valence-corrected chi connectivity index (χ4v) is 2.56. The Hall–Kier alpha value is -1.33. The smallest absolute Gasteiger partial charge is 0.0745 e. The Morgan fingerprint density at radius 3 is 2.95 bits per heavy atom. The van der Waals surface area contributed by atoms with Crippen molar-refractivity contribution >= 4 is 38.2 Å². The van der Waals surface area contributed by atoms with Crippen molar-refractivity contribution in [1.29, 1.82) is 0 Å². The van der Waals surface area contributed by atoms with Crippen LogP contribution in [0.3, 0.4) is 0 Å². The van der Waals surface area contributed by atoms with Crippen LogP contribution in [0.5, 0.6) is 0 Å². The number of anilines is 2. The molecule has 4 nitrogen and oxygen atoms in total. The molecule has 1 aromatic heterocycles. The number of nitrogens with one attached hydrogen (secondary N) is 1. The molecule has 2 aromatic rings. The van der Waals surface area contributed by atoms with Crippen molar-refractivity contribution in [2.24, 2.45) is 0 Å². The molecule has 0 aliphatic rings. The summed E-state index contributed by atoms with van der Waals surface area (Å²) < 4.78 is 1.04. The third-order valence-electron chi connectivity index (χ3n) is 3.13. The monoisotopic (exact) mass is 322 g/mol. The summed E-state index contributed by atoms with van der Waals surface area (Å²) in [5.74, 6) is 0. The zero-order chi connectivity index (χ0) is 13.8. The van der Waals surface area contributed by atoms with Gasteiger partial charge in [-0.25, -0.2) is 0 Å². The van der Waals surface area contributed by atoms with Gasteiger partial charge in [-0.1, -0.05) is 15.9 Å². The summed E-state index contributed by atoms with van der Waals surface area (Å²) >= 11 is 3.51. The molecular weight excluding hydrogens is 304 g/mol. The number of fused-ring (bicyclic) bond motifs is 1. The molecule has 0 fully saturated rings. The molecule has 0 aliphatic heterocycles. The molecule has 1 heterocycles. The molecule has 0 saturated carbocycles. The first kappa shape index (κ1) is 14.1. The second-order valence-corrected chi connectivity index (χ2v) is 5.52. The predicted molar refractivity (Wildman–Crippen MR) is 85.7 cm³/mol. The van der Waals surface area contributed by atoms with Gasteiger partial charge in [0, 0.05) is 23.5 Å². The third kappa shape index (κ3) is 3.16. The Kier molecular flexibility index (Phi) is 4.61. The Labute approximate surface area is 122 Å². The van der Waals surface area contributed by atoms with E-state index in [9.17, 15) is 0 Å². The Morgan fingerprint density at radius 2 is 2.21 bits per heavy atom. The topological polar surface area (TPSA) is 54.2 Å². The van der Waals surface area contributed by atoms with Crippen molar-refractivity contribution in [1.82, 2.24) is 10.3 Å². The molecule has 0 bridgehead atoms. The lowest BCUT2D eigenvalue weighted by Gasteiger charge is -2.22. The zero-order valence-electron chi connectivity index (χ0n) is 11.3. The van der Waals surface area contributed by atoms with Gasteiger partial charge in [0.25, 0.3) is 0 Å². The molecule has 19 heavy (non-hydrogen) atoms. The van der Waals surface area contributed by atoms with Crippen LogP contribution in [0.15, 0.2) is 28.9 Å². The Balaban J connectivity index is 2.39. The molecule has 0 atom stereocenters. The second kappa shape index (κ2) is 6.21. The van der Waals surface area contributed by atoms with E-state index in [-0.39, 0.29) is 0 Å². The maximum Gasteiger partial charge on any atom is 0.0745 e. The van der Waals surface area contributed by atoms with Gasteiger partial charge in [-0.15, -0.1) is 0 Å². The van der Waals surface area contributed by atoms with Crippen molar-refractivity contribution in [3.05, 3.63) is 28.9 Å². The summed E-state index contributed by atoms with van der Waals surface area (Å²) in [6, 6.07) is 6.07. The first-order chi connectivity index (χ1) is 9.13. The van der Waals surface area contributed by atoms with Crippen LogP contribution in [0, 0.1) is 0 Å². The van der Waals surface area contributed by atoms with Gasteiger partial charge in [0.15, 0.2) is 0 Å². The summed E-state index contributed by atoms with van der Waals surface area (Å²) in [5, 5.41) is 4.24. The summed E-state index contributed by atoms with van der Waals surface area (Å²) in [4.78, 5) is 6.57. The molecular formula is C14H19BrN4. The lowest BCUT2D eigenvalue weighted by atomic mass is 10.1. The average molecular weight is 323 g/mol. The fourth-order valence-electron chi connectivity index (χ4n) is 2.20. The van der Waals surface area contributed by atoms with E-state index in [1.54, 1.807) is 6.20 Å². The summed E-state index contributed by atoms with van der Waals surface area (Å²) in [7, 11) is 4.04. The minimum absolute atomic E-state index is 0.720. The van der Waals surface area contributed by atoms with Gasteiger partial charge in [-0.3, -0.25) is 4.98 Å². The van der Waals surface area contributed by atoms with Crippen molar-refractivity contribution in [2.45, 2.75) is 6.42 Å². The zero-order valence-corrected chi connectivity index (χ0v) is 12.9. The van der Waals surface area contributed by atoms with Crippen LogP contribution in [-0.4, -0.2) is 32.2 Å². The van der Waals surface area contributed by atoms with E-state index in [1.165, 1.54) is 0 Å². The molecule has 1 aromatic carbocycles. The number of nitrogen functional groups attached to an aromatic ring is 1. The Bertz CT molecular complexity index is 565. The molecule has 3 N–H and O–H groups in total. The number of nitrogens with two attached hydrogens (primary N) is 1. The summed E-state index contributed by atoms with van der Waals surface area (Å²) in [5.41, 5.74) is 8.85. The van der Waals surface area contributed by atoms with Gasteiger partial charge in [-0.2, -0.15) is 0 Å². The number of pyridine rings is 1. The number of hydrogen-bond donors (Lipinski definition) is 2. The van der Waals surface area contributed by atoms with Crippen molar-refractivity contribution in [3.63, 3.8) is 0 Å². The van der Waals surface area contributed by atoms with Crippen LogP contribution in [0.1, 0.15) is 6.42 Å². The van der Waals surface area contributed by atoms with E-state index >= 15 is 0 Å². The SMILES string of the molecule is CNCCCN(C)c1c(N)cnc2ccc(Br)cc12. The molecule has 2 rings (SSSR count). The molecule has 0 saturated heterocycles. The van der Waals surface area contributed by atoms with Crippen LogP contribution in [0.4, 0.5) is 11.4 Å². The predicted octanol–water partition coefficient (Wildman–Crippen LogP) is 2.63. The van der Waals surface area contributed by atoms with E-state index in [1.807, 2.05) is 19.2 Å². The van der Waals surface area contributed by atoms with Crippen molar-refractivity contribution < 1.29 is 0 Å². The normalized spacial score (nSPS) is 10.9. The van der Waals surface area contributed by atoms with Gasteiger partial charge in [0.2, 0.25) is 0 Å². The molecule has 0 unspecified atom stereocenters. The molecule has 0 aliphatic carbocycles. The fraction of sp³-hybridized carbons (Fsp3) is 0.357. The van der Waals surface area contributed by atoms with Crippen LogP contribution in [-0.2, 0) is 0 Å². The maximum absolute atomic E-state index is 6.11. The van der Waals surface area contributed by atoms with Crippen LogP contribution in [0.2, 0.25) is 0 Å². The van der Waals surface area contributed by atoms with Gasteiger partial charge in [-0.05, 0) is 38.2 Å². The molecule has 102 valence electrons. The third-order valence-corrected chi connectivity index (χ3v) is 3.63. The highest BCUT2D eigenvalue weighted by molar-refractivity contribution is 9.10. The minimum atomic E-state index is 0.720. The van der Waals surface area contributed by atoms with Crippen LogP contribution >= 0.6 is 15.9 Å². The number of hydrogen-bond acceptors (Lipinski definition) is 4. The largest absolute Gasteiger partial charge is 0.396 e. The molecule has 0 radical (unpaired) electrons. The second-order valence-electron chi connectivity index (χ2n) is 4.60. The van der Waals surface area contributed by atoms with Gasteiger partial charge < -0.3 is 16.0 Å². The summed E-state index contributed by atoms with van der Waals surface area (Å²) in [6.45, 7) is 1.95. The van der Waals surface area contributed by atoms with E-state index in [4.69, 9.17) is 5.73 Å². The average Bonchev–Trinajstić information content (AvgIpc) is 2.38. The van der Waals surface area contributed by atoms with Gasteiger partial charge in [0.1, 0.15) is 0 Å². The highest BCUT2D eigenvalue weighted by Gasteiger charge is 2.11. The van der Waals surface area contributed by atoms with Crippen molar-refractivity contribution in [3.8, 4) is 0 Å². The first-order valence-corrected chi connectivity index (χ1v) is 7.12. The van der Waals surface area contributed by atoms with Crippen molar-refractivity contribution in [2.75, 3.05) is 37.8 Å².